The molecule has 118 valence electrons. The maximum Gasteiger partial charge on any atom is 0.398 e. The Bertz CT molecular complexity index is 477. The average Bonchev–Trinajstić information content (AvgIpc) is 2.88. The molecule has 4 nitrogen and oxygen atoms in total. The Kier molecular flexibility index (Phi) is 4.19. The molecule has 3 rings (SSSR count). The molecule has 1 unspecified atom stereocenters. The molecule has 1 fully saturated rings. The maximum absolute atomic E-state index is 13.0. The molecule has 1 aromatic rings. The summed E-state index contributed by atoms with van der Waals surface area (Å²) in [5, 5.41) is 11.2. The van der Waals surface area contributed by atoms with Gasteiger partial charge < -0.3 is 9.88 Å². The number of hydrogen-bond donors (Lipinski definition) is 1. The predicted octanol–water partition coefficient (Wildman–Crippen LogP) is 3.14. The normalized spacial score (nSPS) is 24.0. The minimum absolute atomic E-state index is 0.0918. The highest BCUT2D eigenvalue weighted by Crippen LogP contribution is 2.40. The van der Waals surface area contributed by atoms with Crippen LogP contribution in [0.2, 0.25) is 0 Å². The fraction of sp³-hybridized carbons (Fsp3) is 0.857. The second kappa shape index (κ2) is 5.94. The van der Waals surface area contributed by atoms with Gasteiger partial charge in [0.15, 0.2) is 0 Å². The summed E-state index contributed by atoms with van der Waals surface area (Å²) in [6.07, 6.45) is 2.46. The van der Waals surface area contributed by atoms with Gasteiger partial charge in [-0.3, -0.25) is 0 Å². The summed E-state index contributed by atoms with van der Waals surface area (Å²) in [5.74, 6) is -0.721. The molecule has 1 aromatic heterocycles. The van der Waals surface area contributed by atoms with E-state index in [0.717, 1.165) is 12.8 Å². The molecule has 0 spiro atoms. The van der Waals surface area contributed by atoms with Crippen molar-refractivity contribution in [3.8, 4) is 0 Å². The molecule has 1 aliphatic heterocycles. The van der Waals surface area contributed by atoms with E-state index >= 15 is 0 Å². The van der Waals surface area contributed by atoms with Gasteiger partial charge in [-0.05, 0) is 25.7 Å². The number of nitrogens with zero attached hydrogens (tertiary/aromatic N) is 3. The summed E-state index contributed by atoms with van der Waals surface area (Å²) in [5.41, 5.74) is 0. The van der Waals surface area contributed by atoms with Crippen LogP contribution in [0.4, 0.5) is 13.2 Å². The van der Waals surface area contributed by atoms with Crippen LogP contribution in [0.25, 0.3) is 0 Å². The van der Waals surface area contributed by atoms with Crippen LogP contribution in [0.15, 0.2) is 0 Å². The lowest BCUT2D eigenvalue weighted by Gasteiger charge is -2.26. The third-order valence-corrected chi connectivity index (χ3v) is 4.59. The van der Waals surface area contributed by atoms with E-state index in [2.05, 4.69) is 15.5 Å². The Labute approximate surface area is 122 Å². The maximum atomic E-state index is 13.0. The SMILES string of the molecule is FC(F)(F)C1CCCn2c(CNC3CCCCC3)nnc21. The fourth-order valence-corrected chi connectivity index (χ4v) is 3.42. The van der Waals surface area contributed by atoms with Gasteiger partial charge in [0, 0.05) is 12.6 Å². The van der Waals surface area contributed by atoms with E-state index in [9.17, 15) is 13.2 Å². The van der Waals surface area contributed by atoms with Gasteiger partial charge in [-0.2, -0.15) is 13.2 Å². The molecule has 0 radical (unpaired) electrons. The van der Waals surface area contributed by atoms with Crippen LogP contribution < -0.4 is 5.32 Å². The van der Waals surface area contributed by atoms with Crippen LogP contribution in [0.3, 0.4) is 0 Å². The highest BCUT2D eigenvalue weighted by molar-refractivity contribution is 5.07. The minimum Gasteiger partial charge on any atom is -0.313 e. The summed E-state index contributed by atoms with van der Waals surface area (Å²) in [6.45, 7) is 1.11. The van der Waals surface area contributed by atoms with E-state index < -0.39 is 12.1 Å². The molecule has 1 N–H and O–H groups in total. The summed E-state index contributed by atoms with van der Waals surface area (Å²) in [6, 6.07) is 0.466. The van der Waals surface area contributed by atoms with Crippen LogP contribution in [0.5, 0.6) is 0 Å². The first-order valence-electron chi connectivity index (χ1n) is 7.78. The minimum atomic E-state index is -4.22. The number of fused-ring (bicyclic) bond motifs is 1. The lowest BCUT2D eigenvalue weighted by molar-refractivity contribution is -0.156. The van der Waals surface area contributed by atoms with Crippen molar-refractivity contribution in [1.82, 2.24) is 20.1 Å². The summed E-state index contributed by atoms with van der Waals surface area (Å²) >= 11 is 0. The molecule has 7 heteroatoms. The molecular formula is C14H21F3N4. The summed E-state index contributed by atoms with van der Waals surface area (Å²) in [7, 11) is 0. The Hall–Kier alpha value is -1.11. The molecule has 0 saturated heterocycles. The van der Waals surface area contributed by atoms with Crippen LogP contribution in [0.1, 0.15) is 62.5 Å². The number of alkyl halides is 3. The van der Waals surface area contributed by atoms with Gasteiger partial charge in [0.25, 0.3) is 0 Å². The quantitative estimate of drug-likeness (QED) is 0.933. The predicted molar refractivity (Wildman–Crippen MR) is 71.8 cm³/mol. The second-order valence-electron chi connectivity index (χ2n) is 6.08. The third kappa shape index (κ3) is 3.22. The molecule has 21 heavy (non-hydrogen) atoms. The first-order valence-corrected chi connectivity index (χ1v) is 7.78. The van der Waals surface area contributed by atoms with Gasteiger partial charge >= 0.3 is 6.18 Å². The van der Waals surface area contributed by atoms with Crippen molar-refractivity contribution in [2.24, 2.45) is 0 Å². The first kappa shape index (κ1) is 14.8. The highest BCUT2D eigenvalue weighted by Gasteiger charge is 2.45. The first-order chi connectivity index (χ1) is 10.1. The molecule has 0 aromatic carbocycles. The molecule has 0 amide bonds. The summed E-state index contributed by atoms with van der Waals surface area (Å²) < 4.78 is 40.7. The van der Waals surface area contributed by atoms with Crippen molar-refractivity contribution in [2.45, 2.75) is 76.2 Å². The van der Waals surface area contributed by atoms with E-state index in [1.165, 1.54) is 19.3 Å². The molecule has 1 atom stereocenters. The Morgan fingerprint density at radius 1 is 1.05 bits per heavy atom. The largest absolute Gasteiger partial charge is 0.398 e. The van der Waals surface area contributed by atoms with Gasteiger partial charge in [-0.1, -0.05) is 19.3 Å². The topological polar surface area (TPSA) is 42.7 Å². The Morgan fingerprint density at radius 2 is 1.81 bits per heavy atom. The smallest absolute Gasteiger partial charge is 0.313 e. The number of halogens is 3. The van der Waals surface area contributed by atoms with Crippen molar-refractivity contribution >= 4 is 0 Å². The van der Waals surface area contributed by atoms with Crippen molar-refractivity contribution in [2.75, 3.05) is 0 Å². The second-order valence-corrected chi connectivity index (χ2v) is 6.08. The lowest BCUT2D eigenvalue weighted by atomic mass is 9.95. The number of aromatic nitrogens is 3. The molecule has 2 heterocycles. The van der Waals surface area contributed by atoms with E-state index in [1.54, 1.807) is 4.57 Å². The van der Waals surface area contributed by atoms with Crippen molar-refractivity contribution < 1.29 is 13.2 Å². The Morgan fingerprint density at radius 3 is 2.52 bits per heavy atom. The van der Waals surface area contributed by atoms with Crippen molar-refractivity contribution in [1.29, 1.82) is 0 Å². The molecule has 1 aliphatic carbocycles. The van der Waals surface area contributed by atoms with Crippen LogP contribution >= 0.6 is 0 Å². The van der Waals surface area contributed by atoms with Crippen LogP contribution in [-0.2, 0) is 13.1 Å². The van der Waals surface area contributed by atoms with E-state index in [0.29, 0.717) is 31.4 Å². The van der Waals surface area contributed by atoms with Gasteiger partial charge in [0.1, 0.15) is 17.6 Å². The number of hydrogen-bond acceptors (Lipinski definition) is 3. The average molecular weight is 302 g/mol. The zero-order valence-corrected chi connectivity index (χ0v) is 12.0. The lowest BCUT2D eigenvalue weighted by Crippen LogP contribution is -2.33. The molecule has 0 bridgehead atoms. The number of nitrogens with one attached hydrogen (secondary N) is 1. The van der Waals surface area contributed by atoms with Crippen molar-refractivity contribution in [3.63, 3.8) is 0 Å². The monoisotopic (exact) mass is 302 g/mol. The van der Waals surface area contributed by atoms with Crippen LogP contribution in [-0.4, -0.2) is 27.0 Å². The third-order valence-electron chi connectivity index (χ3n) is 4.59. The zero-order chi connectivity index (χ0) is 14.9. The standard InChI is InChI=1S/C14H21F3N4/c15-14(16,17)11-7-4-8-21-12(19-20-13(11)21)9-18-10-5-2-1-3-6-10/h10-11,18H,1-9H2. The molecule has 2 aliphatic rings. The van der Waals surface area contributed by atoms with Gasteiger partial charge in [-0.25, -0.2) is 0 Å². The number of rotatable bonds is 3. The van der Waals surface area contributed by atoms with E-state index in [1.807, 2.05) is 0 Å². The zero-order valence-electron chi connectivity index (χ0n) is 12.0. The highest BCUT2D eigenvalue weighted by atomic mass is 19.4. The van der Waals surface area contributed by atoms with Gasteiger partial charge in [0.2, 0.25) is 0 Å². The summed E-state index contributed by atoms with van der Waals surface area (Å²) in [4.78, 5) is 0. The molecule has 1 saturated carbocycles. The van der Waals surface area contributed by atoms with Gasteiger partial charge in [0.05, 0.1) is 6.54 Å². The van der Waals surface area contributed by atoms with E-state index in [-0.39, 0.29) is 12.2 Å². The van der Waals surface area contributed by atoms with Crippen molar-refractivity contribution in [3.05, 3.63) is 11.6 Å². The van der Waals surface area contributed by atoms with Gasteiger partial charge in [-0.15, -0.1) is 10.2 Å². The van der Waals surface area contributed by atoms with Crippen LogP contribution in [0, 0.1) is 0 Å². The Balaban J connectivity index is 1.69. The van der Waals surface area contributed by atoms with E-state index in [4.69, 9.17) is 0 Å². The molecular weight excluding hydrogens is 281 g/mol. The fourth-order valence-electron chi connectivity index (χ4n) is 3.42.